The molecule has 0 saturated carbocycles. The summed E-state index contributed by atoms with van der Waals surface area (Å²) in [5.74, 6) is -4.18. The van der Waals surface area contributed by atoms with Crippen LogP contribution in [-0.4, -0.2) is 37.2 Å². The molecule has 0 aliphatic rings. The van der Waals surface area contributed by atoms with Gasteiger partial charge in [-0.1, -0.05) is 0 Å². The third-order valence-corrected chi connectivity index (χ3v) is 2.02. The second kappa shape index (κ2) is 15.9. The van der Waals surface area contributed by atoms with E-state index >= 15 is 0 Å². The molecule has 0 amide bonds. The zero-order valence-electron chi connectivity index (χ0n) is 10.1. The molecular weight excluding hydrogens is 287 g/mol. The molecule has 0 fully saturated rings. The van der Waals surface area contributed by atoms with Gasteiger partial charge in [-0.15, -0.1) is 0 Å². The van der Waals surface area contributed by atoms with Crippen molar-refractivity contribution in [2.24, 2.45) is 5.73 Å². The molecule has 2 N–H and O–H groups in total. The number of carbonyl (C=O) groups excluding carboxylic acids is 2. The molecule has 0 heterocycles. The van der Waals surface area contributed by atoms with Gasteiger partial charge < -0.3 is 30.1 Å². The van der Waals surface area contributed by atoms with Crippen molar-refractivity contribution < 1.29 is 121 Å². The van der Waals surface area contributed by atoms with Gasteiger partial charge in [0.05, 0.1) is 11.2 Å². The number of carboxylic acids is 2. The summed E-state index contributed by atoms with van der Waals surface area (Å²) in [6, 6.07) is 0. The standard InChI is InChI=1S/C4H6O7S.CH5N.3Na/c5-3(6)1-2(4(7)8)12(9,10)11;1-2;;;/h2H,1H2,(H,5,6)(H,7,8)(H,9,10,11);2H2,1H3;;;/q;;3*+1/p-3. The summed E-state index contributed by atoms with van der Waals surface area (Å²) < 4.78 is 30.1. The van der Waals surface area contributed by atoms with Crippen molar-refractivity contribution >= 4 is 22.1 Å². The number of rotatable bonds is 4. The summed E-state index contributed by atoms with van der Waals surface area (Å²) in [6.45, 7) is 0. The molecule has 0 saturated heterocycles. The normalized spacial score (nSPS) is 10.1. The van der Waals surface area contributed by atoms with Crippen molar-refractivity contribution in [3.8, 4) is 0 Å². The summed E-state index contributed by atoms with van der Waals surface area (Å²) in [5.41, 5.74) is 4.50. The fourth-order valence-corrected chi connectivity index (χ4v) is 1.03. The van der Waals surface area contributed by atoms with Crippen LogP contribution in [0.15, 0.2) is 0 Å². The Hall–Kier alpha value is 1.81. The molecule has 0 aromatic heterocycles. The minimum Gasteiger partial charge on any atom is -0.747 e. The van der Waals surface area contributed by atoms with E-state index in [1.165, 1.54) is 7.05 Å². The molecule has 84 valence electrons. The Kier molecular flexibility index (Phi) is 29.2. The summed E-state index contributed by atoms with van der Waals surface area (Å²) in [6.07, 6.45) is -1.39. The number of carbonyl (C=O) groups is 2. The topological polar surface area (TPSA) is 163 Å². The van der Waals surface area contributed by atoms with E-state index in [1.54, 1.807) is 0 Å². The van der Waals surface area contributed by atoms with Crippen LogP contribution in [0.5, 0.6) is 0 Å². The second-order valence-electron chi connectivity index (χ2n) is 1.88. The molecule has 0 aromatic rings. The molecule has 0 aromatic carbocycles. The monoisotopic (exact) mass is 295 g/mol. The molecule has 17 heavy (non-hydrogen) atoms. The average molecular weight is 295 g/mol. The zero-order chi connectivity index (χ0) is 11.9. The van der Waals surface area contributed by atoms with E-state index in [0.717, 1.165) is 0 Å². The Labute approximate surface area is 165 Å². The van der Waals surface area contributed by atoms with Gasteiger partial charge in [-0.25, -0.2) is 8.42 Å². The molecule has 0 rings (SSSR count). The molecular formula is C5H8NNa3O7S. The van der Waals surface area contributed by atoms with Gasteiger partial charge >= 0.3 is 88.7 Å². The Bertz CT molecular complexity index is 307. The maximum Gasteiger partial charge on any atom is 1.00 e. The van der Waals surface area contributed by atoms with Gasteiger partial charge in [0.2, 0.25) is 0 Å². The van der Waals surface area contributed by atoms with Crippen LogP contribution in [0.4, 0.5) is 0 Å². The minimum atomic E-state index is -5.19. The van der Waals surface area contributed by atoms with Gasteiger partial charge in [-0.3, -0.25) is 0 Å². The molecule has 0 spiro atoms. The maximum atomic E-state index is 10.0. The second-order valence-corrected chi connectivity index (χ2v) is 3.43. The van der Waals surface area contributed by atoms with E-state index in [4.69, 9.17) is 0 Å². The zero-order valence-corrected chi connectivity index (χ0v) is 16.9. The molecule has 1 atom stereocenters. The van der Waals surface area contributed by atoms with E-state index in [2.05, 4.69) is 5.73 Å². The summed E-state index contributed by atoms with van der Waals surface area (Å²) in [4.78, 5) is 19.7. The number of aliphatic carboxylic acids is 2. The van der Waals surface area contributed by atoms with Crippen LogP contribution >= 0.6 is 0 Å². The molecule has 12 heteroatoms. The number of carboxylic acid groups (broad SMARTS) is 2. The van der Waals surface area contributed by atoms with Crippen LogP contribution < -0.4 is 105 Å². The Morgan fingerprint density at radius 1 is 1.12 bits per heavy atom. The van der Waals surface area contributed by atoms with Crippen LogP contribution in [0, 0.1) is 0 Å². The molecule has 0 bridgehead atoms. The first-order valence-electron chi connectivity index (χ1n) is 3.18. The number of hydrogen-bond donors (Lipinski definition) is 1. The van der Waals surface area contributed by atoms with Crippen molar-refractivity contribution in [2.75, 3.05) is 7.05 Å². The van der Waals surface area contributed by atoms with Gasteiger partial charge in [-0.05, 0) is 7.05 Å². The first-order chi connectivity index (χ1) is 6.25. The van der Waals surface area contributed by atoms with Crippen molar-refractivity contribution in [2.45, 2.75) is 11.7 Å². The SMILES string of the molecule is CN.O=C([O-])CC(C(=O)[O-])S(=O)(=O)[O-].[Na+].[Na+].[Na+]. The van der Waals surface area contributed by atoms with Gasteiger partial charge in [0, 0.05) is 12.4 Å². The molecule has 0 aliphatic carbocycles. The van der Waals surface area contributed by atoms with Gasteiger partial charge in [0.25, 0.3) is 0 Å². The summed E-state index contributed by atoms with van der Waals surface area (Å²) >= 11 is 0. The molecule has 1 unspecified atom stereocenters. The van der Waals surface area contributed by atoms with E-state index in [-0.39, 0.29) is 88.7 Å². The van der Waals surface area contributed by atoms with E-state index in [1.807, 2.05) is 0 Å². The maximum absolute atomic E-state index is 10.0. The van der Waals surface area contributed by atoms with Crippen LogP contribution in [0.2, 0.25) is 0 Å². The third-order valence-electron chi connectivity index (χ3n) is 0.963. The Balaban J connectivity index is -0.0000000907. The predicted molar refractivity (Wildman–Crippen MR) is 38.2 cm³/mol. The number of nitrogens with two attached hydrogens (primary N) is 1. The molecule has 0 aliphatic heterocycles. The van der Waals surface area contributed by atoms with Crippen LogP contribution in [0.25, 0.3) is 0 Å². The van der Waals surface area contributed by atoms with E-state index in [9.17, 15) is 32.8 Å². The van der Waals surface area contributed by atoms with Crippen LogP contribution in [0.1, 0.15) is 6.42 Å². The smallest absolute Gasteiger partial charge is 0.747 e. The minimum absolute atomic E-state index is 0. The largest absolute Gasteiger partial charge is 1.00 e. The van der Waals surface area contributed by atoms with Gasteiger partial charge in [0.1, 0.15) is 10.1 Å². The van der Waals surface area contributed by atoms with E-state index in [0.29, 0.717) is 0 Å². The quantitative estimate of drug-likeness (QED) is 0.394. The first-order valence-corrected chi connectivity index (χ1v) is 4.65. The molecule has 0 radical (unpaired) electrons. The average Bonchev–Trinajstić information content (AvgIpc) is 2.01. The molecule has 8 nitrogen and oxygen atoms in total. The van der Waals surface area contributed by atoms with Gasteiger partial charge in [-0.2, -0.15) is 0 Å². The Morgan fingerprint density at radius 3 is 1.47 bits per heavy atom. The van der Waals surface area contributed by atoms with Crippen LogP contribution in [0.3, 0.4) is 0 Å². The van der Waals surface area contributed by atoms with Crippen molar-refractivity contribution in [1.29, 1.82) is 0 Å². The summed E-state index contributed by atoms with van der Waals surface area (Å²) in [7, 11) is -3.69. The fourth-order valence-electron chi connectivity index (χ4n) is 0.455. The Morgan fingerprint density at radius 2 is 1.41 bits per heavy atom. The van der Waals surface area contributed by atoms with Crippen molar-refractivity contribution in [1.82, 2.24) is 0 Å². The van der Waals surface area contributed by atoms with Crippen molar-refractivity contribution in [3.05, 3.63) is 0 Å². The summed E-state index contributed by atoms with van der Waals surface area (Å²) in [5, 5.41) is 17.1. The van der Waals surface area contributed by atoms with Gasteiger partial charge in [0.15, 0.2) is 0 Å². The predicted octanol–water partition coefficient (Wildman–Crippen LogP) is -13.6. The number of hydrogen-bond acceptors (Lipinski definition) is 8. The fraction of sp³-hybridized carbons (Fsp3) is 0.600. The van der Waals surface area contributed by atoms with E-state index < -0.39 is 33.7 Å². The van der Waals surface area contributed by atoms with Crippen LogP contribution in [-0.2, 0) is 19.7 Å². The first kappa shape index (κ1) is 31.3. The third kappa shape index (κ3) is 17.8. The van der Waals surface area contributed by atoms with Crippen molar-refractivity contribution in [3.63, 3.8) is 0 Å².